The van der Waals surface area contributed by atoms with Crippen LogP contribution in [0.1, 0.15) is 41.6 Å². The van der Waals surface area contributed by atoms with Gasteiger partial charge in [0.15, 0.2) is 0 Å². The minimum Gasteiger partial charge on any atom is -0.481 e. The van der Waals surface area contributed by atoms with Crippen LogP contribution in [0.5, 0.6) is 0 Å². The molecule has 0 aromatic heterocycles. The fourth-order valence-corrected chi connectivity index (χ4v) is 2.73. The largest absolute Gasteiger partial charge is 0.481 e. The highest BCUT2D eigenvalue weighted by Gasteiger charge is 2.35. The molecule has 1 aliphatic rings. The molecule has 1 fully saturated rings. The second kappa shape index (κ2) is 7.06. The van der Waals surface area contributed by atoms with Crippen LogP contribution in [0.4, 0.5) is 0 Å². The van der Waals surface area contributed by atoms with Crippen LogP contribution in [0.25, 0.3) is 0 Å². The molecule has 1 aromatic carbocycles. The zero-order valence-electron chi connectivity index (χ0n) is 12.5. The molecule has 3 N–H and O–H groups in total. The van der Waals surface area contributed by atoms with Crippen LogP contribution in [0, 0.1) is 18.8 Å². The van der Waals surface area contributed by atoms with E-state index in [0.717, 1.165) is 18.4 Å². The zero-order chi connectivity index (χ0) is 16.1. The summed E-state index contributed by atoms with van der Waals surface area (Å²) >= 11 is 0. The Labute approximate surface area is 128 Å². The molecule has 22 heavy (non-hydrogen) atoms. The highest BCUT2D eigenvalue weighted by atomic mass is 16.4. The molecule has 1 unspecified atom stereocenters. The Hall–Kier alpha value is -2.37. The summed E-state index contributed by atoms with van der Waals surface area (Å²) in [6, 6.07) is 6.94. The molecule has 0 aliphatic heterocycles. The number of carboxylic acids is 1. The van der Waals surface area contributed by atoms with Crippen molar-refractivity contribution in [3.63, 3.8) is 0 Å². The molecule has 6 nitrogen and oxygen atoms in total. The van der Waals surface area contributed by atoms with Crippen molar-refractivity contribution in [1.82, 2.24) is 10.9 Å². The third kappa shape index (κ3) is 3.84. The van der Waals surface area contributed by atoms with Gasteiger partial charge in [0.1, 0.15) is 0 Å². The number of hydrogen-bond donors (Lipinski definition) is 3. The molecule has 0 radical (unpaired) electrons. The van der Waals surface area contributed by atoms with Crippen LogP contribution < -0.4 is 10.9 Å². The molecule has 1 aliphatic carbocycles. The third-order valence-electron chi connectivity index (χ3n) is 4.03. The van der Waals surface area contributed by atoms with Crippen molar-refractivity contribution in [3.05, 3.63) is 35.4 Å². The molecule has 118 valence electrons. The van der Waals surface area contributed by atoms with E-state index in [1.54, 1.807) is 24.3 Å². The Bertz CT molecular complexity index is 568. The molecular weight excluding hydrogens is 284 g/mol. The second-order valence-corrected chi connectivity index (χ2v) is 5.65. The number of aryl methyl sites for hydroxylation is 1. The third-order valence-corrected chi connectivity index (χ3v) is 4.03. The van der Waals surface area contributed by atoms with Gasteiger partial charge in [-0.15, -0.1) is 0 Å². The SMILES string of the molecule is Cc1ccc(C(=O)NNC(=O)C2CCCC[C@@H]2C(=O)O)cc1. The van der Waals surface area contributed by atoms with Crippen molar-refractivity contribution in [2.45, 2.75) is 32.6 Å². The van der Waals surface area contributed by atoms with E-state index in [-0.39, 0.29) is 0 Å². The standard InChI is InChI=1S/C16H20N2O4/c1-10-6-8-11(9-7-10)14(19)17-18-15(20)12-4-2-3-5-13(12)16(21)22/h6-9,12-13H,2-5H2,1H3,(H,17,19)(H,18,20)(H,21,22)/t12?,13-/m0/s1. The number of benzene rings is 1. The van der Waals surface area contributed by atoms with Gasteiger partial charge in [0, 0.05) is 5.56 Å². The Morgan fingerprint density at radius 3 is 2.18 bits per heavy atom. The van der Waals surface area contributed by atoms with Crippen molar-refractivity contribution >= 4 is 17.8 Å². The van der Waals surface area contributed by atoms with E-state index in [4.69, 9.17) is 0 Å². The van der Waals surface area contributed by atoms with Crippen LogP contribution in [0.3, 0.4) is 0 Å². The first-order chi connectivity index (χ1) is 10.5. The number of carbonyl (C=O) groups is 3. The van der Waals surface area contributed by atoms with Crippen molar-refractivity contribution in [2.75, 3.05) is 0 Å². The summed E-state index contributed by atoms with van der Waals surface area (Å²) in [4.78, 5) is 35.2. The van der Waals surface area contributed by atoms with Crippen molar-refractivity contribution in [3.8, 4) is 0 Å². The van der Waals surface area contributed by atoms with E-state index < -0.39 is 29.6 Å². The van der Waals surface area contributed by atoms with E-state index in [1.165, 1.54) is 0 Å². The van der Waals surface area contributed by atoms with Gasteiger partial charge < -0.3 is 5.11 Å². The normalized spacial score (nSPS) is 21.0. The second-order valence-electron chi connectivity index (χ2n) is 5.65. The van der Waals surface area contributed by atoms with Gasteiger partial charge in [-0.25, -0.2) is 0 Å². The van der Waals surface area contributed by atoms with E-state index in [0.29, 0.717) is 18.4 Å². The number of aliphatic carboxylic acids is 1. The summed E-state index contributed by atoms with van der Waals surface area (Å²) in [5, 5.41) is 9.17. The number of carboxylic acid groups (broad SMARTS) is 1. The molecule has 0 spiro atoms. The Balaban J connectivity index is 1.92. The lowest BCUT2D eigenvalue weighted by Gasteiger charge is -2.27. The van der Waals surface area contributed by atoms with Gasteiger partial charge in [-0.1, -0.05) is 30.5 Å². The van der Waals surface area contributed by atoms with Gasteiger partial charge in [-0.05, 0) is 31.9 Å². The van der Waals surface area contributed by atoms with Crippen molar-refractivity contribution < 1.29 is 19.5 Å². The molecule has 2 atom stereocenters. The van der Waals surface area contributed by atoms with Crippen LogP contribution in [-0.4, -0.2) is 22.9 Å². The maximum atomic E-state index is 12.1. The molecule has 2 rings (SSSR count). The molecule has 6 heteroatoms. The average Bonchev–Trinajstić information content (AvgIpc) is 2.53. The summed E-state index contributed by atoms with van der Waals surface area (Å²) in [5.74, 6) is -3.08. The van der Waals surface area contributed by atoms with Gasteiger partial charge in [0.2, 0.25) is 5.91 Å². The Morgan fingerprint density at radius 1 is 1.00 bits per heavy atom. The van der Waals surface area contributed by atoms with Crippen molar-refractivity contribution in [1.29, 1.82) is 0 Å². The monoisotopic (exact) mass is 304 g/mol. The van der Waals surface area contributed by atoms with Crippen LogP contribution >= 0.6 is 0 Å². The Morgan fingerprint density at radius 2 is 1.59 bits per heavy atom. The van der Waals surface area contributed by atoms with Gasteiger partial charge in [-0.2, -0.15) is 0 Å². The van der Waals surface area contributed by atoms with Gasteiger partial charge in [-0.3, -0.25) is 25.2 Å². The van der Waals surface area contributed by atoms with E-state index in [2.05, 4.69) is 10.9 Å². The molecule has 1 saturated carbocycles. The van der Waals surface area contributed by atoms with Crippen LogP contribution in [0.15, 0.2) is 24.3 Å². The molecule has 1 aromatic rings. The summed E-state index contributed by atoms with van der Waals surface area (Å²) in [5.41, 5.74) is 6.16. The lowest BCUT2D eigenvalue weighted by Crippen LogP contribution is -2.47. The number of hydrogen-bond acceptors (Lipinski definition) is 3. The molecule has 0 heterocycles. The van der Waals surface area contributed by atoms with E-state index in [9.17, 15) is 19.5 Å². The van der Waals surface area contributed by atoms with Crippen LogP contribution in [0.2, 0.25) is 0 Å². The minimum absolute atomic E-state index is 0.420. The number of hydrazine groups is 1. The number of nitrogens with one attached hydrogen (secondary N) is 2. The first kappa shape index (κ1) is 16.0. The predicted molar refractivity (Wildman–Crippen MR) is 79.9 cm³/mol. The minimum atomic E-state index is -0.954. The summed E-state index contributed by atoms with van der Waals surface area (Å²) in [6.07, 6.45) is 2.67. The van der Waals surface area contributed by atoms with Gasteiger partial charge >= 0.3 is 5.97 Å². The van der Waals surface area contributed by atoms with E-state index >= 15 is 0 Å². The predicted octanol–water partition coefficient (Wildman–Crippen LogP) is 1.65. The lowest BCUT2D eigenvalue weighted by molar-refractivity contribution is -0.149. The maximum absolute atomic E-state index is 12.1. The average molecular weight is 304 g/mol. The summed E-state index contributed by atoms with van der Waals surface area (Å²) in [6.45, 7) is 1.92. The molecule has 0 saturated heterocycles. The first-order valence-corrected chi connectivity index (χ1v) is 7.38. The topological polar surface area (TPSA) is 95.5 Å². The smallest absolute Gasteiger partial charge is 0.307 e. The number of amides is 2. The van der Waals surface area contributed by atoms with E-state index in [1.807, 2.05) is 6.92 Å². The molecule has 2 amide bonds. The molecular formula is C16H20N2O4. The lowest BCUT2D eigenvalue weighted by atomic mass is 9.79. The summed E-state index contributed by atoms with van der Waals surface area (Å²) in [7, 11) is 0. The maximum Gasteiger partial charge on any atom is 0.307 e. The summed E-state index contributed by atoms with van der Waals surface area (Å²) < 4.78 is 0. The van der Waals surface area contributed by atoms with Crippen LogP contribution in [-0.2, 0) is 9.59 Å². The highest BCUT2D eigenvalue weighted by molar-refractivity contribution is 5.96. The van der Waals surface area contributed by atoms with Crippen molar-refractivity contribution in [2.24, 2.45) is 11.8 Å². The fraction of sp³-hybridized carbons (Fsp3) is 0.438. The first-order valence-electron chi connectivity index (χ1n) is 7.38. The zero-order valence-corrected chi connectivity index (χ0v) is 12.5. The quantitative estimate of drug-likeness (QED) is 0.740. The fourth-order valence-electron chi connectivity index (χ4n) is 2.73. The Kier molecular flexibility index (Phi) is 5.14. The number of carbonyl (C=O) groups excluding carboxylic acids is 2. The van der Waals surface area contributed by atoms with Gasteiger partial charge in [0.25, 0.3) is 5.91 Å². The van der Waals surface area contributed by atoms with Gasteiger partial charge in [0.05, 0.1) is 11.8 Å². The molecule has 0 bridgehead atoms. The number of rotatable bonds is 3. The highest BCUT2D eigenvalue weighted by Crippen LogP contribution is 2.30.